The van der Waals surface area contributed by atoms with Crippen molar-refractivity contribution in [1.29, 1.82) is 0 Å². The van der Waals surface area contributed by atoms with Crippen LogP contribution in [-0.2, 0) is 14.3 Å². The Morgan fingerprint density at radius 1 is 0.875 bits per heavy atom. The summed E-state index contributed by atoms with van der Waals surface area (Å²) in [6, 6.07) is 13.8. The molecule has 4 rings (SSSR count). The second kappa shape index (κ2) is 5.34. The number of rotatable bonds is 2. The van der Waals surface area contributed by atoms with E-state index in [1.165, 1.54) is 0 Å². The summed E-state index contributed by atoms with van der Waals surface area (Å²) in [7, 11) is 1.57. The summed E-state index contributed by atoms with van der Waals surface area (Å²) in [5.74, 6) is -0.190. The van der Waals surface area contributed by atoms with Crippen LogP contribution in [0, 0.1) is 0 Å². The van der Waals surface area contributed by atoms with Gasteiger partial charge in [-0.25, -0.2) is 14.6 Å². The lowest BCUT2D eigenvalue weighted by molar-refractivity contribution is -0.130. The maximum atomic E-state index is 12.2. The molecule has 2 aromatic rings. The quantitative estimate of drug-likeness (QED) is 0.628. The number of esters is 2. The van der Waals surface area contributed by atoms with Gasteiger partial charge >= 0.3 is 11.9 Å². The molecule has 6 heteroatoms. The van der Waals surface area contributed by atoms with Crippen molar-refractivity contribution in [3.8, 4) is 5.75 Å². The number of benzene rings is 2. The Morgan fingerprint density at radius 3 is 2.29 bits per heavy atom. The Morgan fingerprint density at radius 2 is 1.58 bits per heavy atom. The van der Waals surface area contributed by atoms with Gasteiger partial charge < -0.3 is 14.2 Å². The minimum atomic E-state index is -0.652. The van der Waals surface area contributed by atoms with Crippen LogP contribution in [0.1, 0.15) is 21.5 Å². The zero-order valence-corrected chi connectivity index (χ0v) is 12.6. The predicted octanol–water partition coefficient (Wildman–Crippen LogP) is 2.54. The first-order valence-corrected chi connectivity index (χ1v) is 7.18. The van der Waals surface area contributed by atoms with E-state index in [1.54, 1.807) is 55.6 Å². The molecule has 0 saturated carbocycles. The number of carbonyl (C=O) groups excluding carboxylic acids is 2. The van der Waals surface area contributed by atoms with Crippen LogP contribution in [0.4, 0.5) is 0 Å². The zero-order valence-electron chi connectivity index (χ0n) is 12.6. The Bertz CT molecular complexity index is 925. The number of carbonyl (C=O) groups is 2. The highest BCUT2D eigenvalue weighted by molar-refractivity contribution is 6.16. The summed E-state index contributed by atoms with van der Waals surface area (Å²) >= 11 is 0. The van der Waals surface area contributed by atoms with Gasteiger partial charge in [0, 0.05) is 11.1 Å². The van der Waals surface area contributed by atoms with E-state index in [-0.39, 0.29) is 17.4 Å². The van der Waals surface area contributed by atoms with Gasteiger partial charge in [0.15, 0.2) is 11.5 Å². The first-order valence-electron chi connectivity index (χ1n) is 7.18. The van der Waals surface area contributed by atoms with E-state index in [0.29, 0.717) is 22.4 Å². The van der Waals surface area contributed by atoms with Gasteiger partial charge in [0.1, 0.15) is 5.75 Å². The van der Waals surface area contributed by atoms with Crippen molar-refractivity contribution in [2.75, 3.05) is 7.11 Å². The van der Waals surface area contributed by atoms with Gasteiger partial charge in [0.05, 0.1) is 12.7 Å². The Balaban J connectivity index is 1.78. The number of cyclic esters (lactones) is 2. The number of ether oxygens (including phenoxy) is 3. The van der Waals surface area contributed by atoms with Crippen molar-refractivity contribution < 1.29 is 23.8 Å². The van der Waals surface area contributed by atoms with Gasteiger partial charge in [-0.2, -0.15) is 0 Å². The number of nitrogens with zero attached hydrogens (tertiary/aromatic N) is 1. The molecule has 0 saturated heterocycles. The summed E-state index contributed by atoms with van der Waals surface area (Å²) in [6.07, 6.45) is 0. The largest absolute Gasteiger partial charge is 0.497 e. The molecule has 24 heavy (non-hydrogen) atoms. The Kier molecular flexibility index (Phi) is 3.16. The lowest BCUT2D eigenvalue weighted by Gasteiger charge is -2.01. The molecule has 118 valence electrons. The summed E-state index contributed by atoms with van der Waals surface area (Å²) < 4.78 is 15.5. The molecule has 0 bridgehead atoms. The first kappa shape index (κ1) is 14.2. The average molecular weight is 321 g/mol. The molecule has 0 fully saturated rings. The maximum Gasteiger partial charge on any atom is 0.367 e. The fourth-order valence-electron chi connectivity index (χ4n) is 2.54. The molecule has 0 atom stereocenters. The van der Waals surface area contributed by atoms with Crippen LogP contribution in [0.15, 0.2) is 59.2 Å². The van der Waals surface area contributed by atoms with Crippen LogP contribution in [-0.4, -0.2) is 24.9 Å². The Labute approximate surface area is 137 Å². The summed E-state index contributed by atoms with van der Waals surface area (Å²) in [6.45, 7) is 0. The lowest BCUT2D eigenvalue weighted by Crippen LogP contribution is -2.06. The van der Waals surface area contributed by atoms with E-state index in [1.807, 2.05) is 0 Å². The summed E-state index contributed by atoms with van der Waals surface area (Å²) in [5.41, 5.74) is 1.55. The zero-order chi connectivity index (χ0) is 16.7. The molecular weight excluding hydrogens is 310 g/mol. The average Bonchev–Trinajstić information content (AvgIpc) is 3.16. The molecule has 0 aliphatic carbocycles. The van der Waals surface area contributed by atoms with Crippen molar-refractivity contribution in [2.24, 2.45) is 4.99 Å². The summed E-state index contributed by atoms with van der Waals surface area (Å²) in [4.78, 5) is 28.3. The molecule has 0 N–H and O–H groups in total. The molecule has 0 aromatic heterocycles. The monoisotopic (exact) mass is 321 g/mol. The number of fused-ring (bicyclic) bond motifs is 1. The van der Waals surface area contributed by atoms with Crippen molar-refractivity contribution >= 4 is 23.6 Å². The van der Waals surface area contributed by atoms with Crippen LogP contribution in [0.2, 0.25) is 0 Å². The Hall–Kier alpha value is -3.41. The fourth-order valence-corrected chi connectivity index (χ4v) is 2.54. The molecule has 0 amide bonds. The van der Waals surface area contributed by atoms with Gasteiger partial charge in [-0.3, -0.25) is 0 Å². The van der Waals surface area contributed by atoms with E-state index in [2.05, 4.69) is 4.99 Å². The molecule has 2 aromatic carbocycles. The van der Waals surface area contributed by atoms with Gasteiger partial charge in [-0.1, -0.05) is 18.2 Å². The molecule has 2 heterocycles. The topological polar surface area (TPSA) is 74.2 Å². The minimum absolute atomic E-state index is 0.0147. The van der Waals surface area contributed by atoms with E-state index in [4.69, 9.17) is 14.2 Å². The van der Waals surface area contributed by atoms with Crippen molar-refractivity contribution in [1.82, 2.24) is 0 Å². The SMILES string of the molecule is COc1ccc(C2=N/C(=C3/OC(=O)c4ccccc43)C(=O)O2)cc1. The first-order chi connectivity index (χ1) is 11.7. The third-order valence-corrected chi connectivity index (χ3v) is 3.73. The fraction of sp³-hybridized carbons (Fsp3) is 0.0556. The van der Waals surface area contributed by atoms with Crippen molar-refractivity contribution in [3.05, 3.63) is 70.9 Å². The van der Waals surface area contributed by atoms with Crippen LogP contribution in [0.5, 0.6) is 5.75 Å². The number of hydrogen-bond acceptors (Lipinski definition) is 6. The van der Waals surface area contributed by atoms with Gasteiger partial charge in [0.2, 0.25) is 5.90 Å². The van der Waals surface area contributed by atoms with E-state index < -0.39 is 11.9 Å². The lowest BCUT2D eigenvalue weighted by atomic mass is 10.1. The van der Waals surface area contributed by atoms with E-state index in [9.17, 15) is 9.59 Å². The molecule has 2 aliphatic heterocycles. The minimum Gasteiger partial charge on any atom is -0.497 e. The molecule has 0 unspecified atom stereocenters. The summed E-state index contributed by atoms with van der Waals surface area (Å²) in [5, 5.41) is 0. The van der Waals surface area contributed by atoms with Crippen LogP contribution < -0.4 is 4.74 Å². The molecule has 0 radical (unpaired) electrons. The third-order valence-electron chi connectivity index (χ3n) is 3.73. The third kappa shape index (κ3) is 2.16. The molecule has 6 nitrogen and oxygen atoms in total. The van der Waals surface area contributed by atoms with Gasteiger partial charge in [-0.15, -0.1) is 0 Å². The highest BCUT2D eigenvalue weighted by Gasteiger charge is 2.35. The van der Waals surface area contributed by atoms with Crippen LogP contribution in [0.3, 0.4) is 0 Å². The standard InChI is InChI=1S/C18H11NO5/c1-22-11-8-6-10(7-9-11)16-19-14(18(21)24-16)15-12-4-2-3-5-13(12)17(20)23-15/h2-9H,1H3/b15-14+. The predicted molar refractivity (Wildman–Crippen MR) is 84.4 cm³/mol. The second-order valence-electron chi connectivity index (χ2n) is 5.15. The number of methoxy groups -OCH3 is 1. The number of hydrogen-bond donors (Lipinski definition) is 0. The molecular formula is C18H11NO5. The van der Waals surface area contributed by atoms with Crippen LogP contribution in [0.25, 0.3) is 5.76 Å². The maximum absolute atomic E-state index is 12.2. The van der Waals surface area contributed by atoms with E-state index in [0.717, 1.165) is 0 Å². The highest BCUT2D eigenvalue weighted by atomic mass is 16.6. The van der Waals surface area contributed by atoms with Crippen LogP contribution >= 0.6 is 0 Å². The molecule has 0 spiro atoms. The van der Waals surface area contributed by atoms with Gasteiger partial charge in [0.25, 0.3) is 0 Å². The molecule has 2 aliphatic rings. The van der Waals surface area contributed by atoms with Crippen molar-refractivity contribution in [2.45, 2.75) is 0 Å². The van der Waals surface area contributed by atoms with Gasteiger partial charge in [-0.05, 0) is 30.3 Å². The smallest absolute Gasteiger partial charge is 0.367 e. The second-order valence-corrected chi connectivity index (χ2v) is 5.15. The van der Waals surface area contributed by atoms with Crippen molar-refractivity contribution in [3.63, 3.8) is 0 Å². The van der Waals surface area contributed by atoms with E-state index >= 15 is 0 Å². The highest BCUT2D eigenvalue weighted by Crippen LogP contribution is 2.34. The number of aliphatic imine (C=N–C) groups is 1. The normalized spacial score (nSPS) is 18.8.